The molecule has 28 heavy (non-hydrogen) atoms. The van der Waals surface area contributed by atoms with Gasteiger partial charge in [0.05, 0.1) is 5.69 Å². The first kappa shape index (κ1) is 17.8. The molecule has 2 aliphatic heterocycles. The van der Waals surface area contributed by atoms with Gasteiger partial charge in [-0.2, -0.15) is 0 Å². The monoisotopic (exact) mass is 403 g/mol. The molecule has 1 unspecified atom stereocenters. The SMILES string of the molecule is Cc1ncnc2c1ccn2[C@@H]1O[C@H](C2OCOc3cc(Cl)ccc32)[C@@H](O)[C@H]1O. The van der Waals surface area contributed by atoms with Crippen LogP contribution >= 0.6 is 11.6 Å². The summed E-state index contributed by atoms with van der Waals surface area (Å²) in [4.78, 5) is 8.48. The molecule has 1 fully saturated rings. The normalized spacial score (nSPS) is 29.6. The lowest BCUT2D eigenvalue weighted by Gasteiger charge is -2.31. The second-order valence-corrected chi connectivity index (χ2v) is 7.36. The number of hydrogen-bond acceptors (Lipinski definition) is 7. The van der Waals surface area contributed by atoms with Gasteiger partial charge in [0.15, 0.2) is 13.0 Å². The highest BCUT2D eigenvalue weighted by molar-refractivity contribution is 6.30. The van der Waals surface area contributed by atoms with E-state index in [2.05, 4.69) is 9.97 Å². The maximum absolute atomic E-state index is 10.7. The van der Waals surface area contributed by atoms with E-state index in [4.69, 9.17) is 25.8 Å². The molecule has 4 heterocycles. The van der Waals surface area contributed by atoms with Gasteiger partial charge >= 0.3 is 0 Å². The summed E-state index contributed by atoms with van der Waals surface area (Å²) in [5, 5.41) is 22.8. The van der Waals surface area contributed by atoms with Crippen LogP contribution < -0.4 is 4.74 Å². The lowest BCUT2D eigenvalue weighted by molar-refractivity contribution is -0.147. The Morgan fingerprint density at radius 1 is 1.18 bits per heavy atom. The molecular weight excluding hydrogens is 386 g/mol. The molecule has 0 aliphatic carbocycles. The first-order valence-electron chi connectivity index (χ1n) is 8.88. The number of benzene rings is 1. The summed E-state index contributed by atoms with van der Waals surface area (Å²) in [6.45, 7) is 1.89. The van der Waals surface area contributed by atoms with Crippen molar-refractivity contribution in [1.29, 1.82) is 0 Å². The molecule has 5 rings (SSSR count). The number of aromatic nitrogens is 3. The lowest BCUT2D eigenvalue weighted by Crippen LogP contribution is -2.37. The van der Waals surface area contributed by atoms with Crippen LogP contribution in [0.25, 0.3) is 11.0 Å². The van der Waals surface area contributed by atoms with Crippen molar-refractivity contribution in [2.45, 2.75) is 37.6 Å². The summed E-state index contributed by atoms with van der Waals surface area (Å²) in [7, 11) is 0. The minimum Gasteiger partial charge on any atom is -0.467 e. The van der Waals surface area contributed by atoms with Crippen LogP contribution in [0.2, 0.25) is 5.02 Å². The van der Waals surface area contributed by atoms with E-state index in [1.807, 2.05) is 13.0 Å². The molecule has 2 aliphatic rings. The van der Waals surface area contributed by atoms with Gasteiger partial charge in [-0.15, -0.1) is 0 Å². The Bertz CT molecular complexity index is 1040. The zero-order valence-corrected chi connectivity index (χ0v) is 15.7. The Kier molecular flexibility index (Phi) is 4.26. The zero-order chi connectivity index (χ0) is 19.4. The van der Waals surface area contributed by atoms with E-state index in [-0.39, 0.29) is 6.79 Å². The number of halogens is 1. The van der Waals surface area contributed by atoms with Crippen LogP contribution in [0.1, 0.15) is 23.6 Å². The molecule has 1 saturated heterocycles. The average Bonchev–Trinajstić information content (AvgIpc) is 3.24. The van der Waals surface area contributed by atoms with Crippen molar-refractivity contribution in [2.24, 2.45) is 0 Å². The lowest BCUT2D eigenvalue weighted by atomic mass is 9.97. The second kappa shape index (κ2) is 6.68. The summed E-state index contributed by atoms with van der Waals surface area (Å²) in [5.74, 6) is 0.576. The molecule has 1 aromatic carbocycles. The summed E-state index contributed by atoms with van der Waals surface area (Å²) in [6, 6.07) is 7.06. The van der Waals surface area contributed by atoms with Gasteiger partial charge in [-0.25, -0.2) is 9.97 Å². The van der Waals surface area contributed by atoms with Gasteiger partial charge in [0.1, 0.15) is 42.1 Å². The van der Waals surface area contributed by atoms with Crippen molar-refractivity contribution in [2.75, 3.05) is 6.79 Å². The van der Waals surface area contributed by atoms with Crippen LogP contribution in [0.15, 0.2) is 36.8 Å². The third-order valence-electron chi connectivity index (χ3n) is 5.30. The van der Waals surface area contributed by atoms with Crippen LogP contribution in [0.3, 0.4) is 0 Å². The van der Waals surface area contributed by atoms with Crippen molar-refractivity contribution >= 4 is 22.6 Å². The molecule has 2 N–H and O–H groups in total. The van der Waals surface area contributed by atoms with E-state index < -0.39 is 30.6 Å². The fraction of sp³-hybridized carbons (Fsp3) is 0.368. The number of fused-ring (bicyclic) bond motifs is 2. The molecule has 8 nitrogen and oxygen atoms in total. The van der Waals surface area contributed by atoms with E-state index in [0.29, 0.717) is 22.0 Å². The largest absolute Gasteiger partial charge is 0.467 e. The molecule has 2 aromatic heterocycles. The molecule has 9 heteroatoms. The third-order valence-corrected chi connectivity index (χ3v) is 5.54. The van der Waals surface area contributed by atoms with Crippen molar-refractivity contribution in [3.05, 3.63) is 53.1 Å². The van der Waals surface area contributed by atoms with E-state index in [0.717, 1.165) is 11.1 Å². The number of aliphatic hydroxyl groups is 2. The summed E-state index contributed by atoms with van der Waals surface area (Å²) in [6.07, 6.45) is -1.28. The maximum Gasteiger partial charge on any atom is 0.189 e. The van der Waals surface area contributed by atoms with E-state index in [9.17, 15) is 10.2 Å². The zero-order valence-electron chi connectivity index (χ0n) is 14.9. The van der Waals surface area contributed by atoms with Crippen molar-refractivity contribution in [3.63, 3.8) is 0 Å². The molecule has 0 bridgehead atoms. The molecular formula is C19H18ClN3O5. The number of hydrogen-bond donors (Lipinski definition) is 2. The quantitative estimate of drug-likeness (QED) is 0.676. The Hall–Kier alpha value is -2.23. The number of aliphatic hydroxyl groups excluding tert-OH is 2. The smallest absolute Gasteiger partial charge is 0.189 e. The van der Waals surface area contributed by atoms with Gasteiger partial charge in [0.25, 0.3) is 0 Å². The summed E-state index contributed by atoms with van der Waals surface area (Å²) in [5.41, 5.74) is 2.17. The summed E-state index contributed by atoms with van der Waals surface area (Å²) >= 11 is 6.04. The van der Waals surface area contributed by atoms with Crippen LogP contribution in [0, 0.1) is 6.92 Å². The van der Waals surface area contributed by atoms with Gasteiger partial charge in [-0.1, -0.05) is 17.7 Å². The van der Waals surface area contributed by atoms with E-state index in [1.54, 1.807) is 29.0 Å². The molecule has 0 amide bonds. The predicted octanol–water partition coefficient (Wildman–Crippen LogP) is 2.12. The third kappa shape index (κ3) is 2.68. The summed E-state index contributed by atoms with van der Waals surface area (Å²) < 4.78 is 19.0. The highest BCUT2D eigenvalue weighted by Crippen LogP contribution is 2.43. The topological polar surface area (TPSA) is 98.9 Å². The van der Waals surface area contributed by atoms with Gasteiger partial charge < -0.3 is 29.0 Å². The fourth-order valence-electron chi connectivity index (χ4n) is 3.87. The Balaban J connectivity index is 1.50. The first-order chi connectivity index (χ1) is 13.5. The molecule has 5 atom stereocenters. The van der Waals surface area contributed by atoms with Crippen LogP contribution in [-0.4, -0.2) is 49.9 Å². The van der Waals surface area contributed by atoms with Crippen LogP contribution in [0.4, 0.5) is 0 Å². The highest BCUT2D eigenvalue weighted by atomic mass is 35.5. The van der Waals surface area contributed by atoms with Crippen molar-refractivity contribution < 1.29 is 24.4 Å². The molecule has 0 saturated carbocycles. The molecule has 146 valence electrons. The maximum atomic E-state index is 10.7. The first-order valence-corrected chi connectivity index (χ1v) is 9.26. The van der Waals surface area contributed by atoms with Crippen LogP contribution in [0.5, 0.6) is 5.75 Å². The van der Waals surface area contributed by atoms with E-state index >= 15 is 0 Å². The Morgan fingerprint density at radius 3 is 2.89 bits per heavy atom. The Morgan fingerprint density at radius 2 is 2.04 bits per heavy atom. The predicted molar refractivity (Wildman–Crippen MR) is 99.0 cm³/mol. The minimum atomic E-state index is -1.16. The van der Waals surface area contributed by atoms with Crippen LogP contribution in [-0.2, 0) is 9.47 Å². The minimum absolute atomic E-state index is 0.00419. The van der Waals surface area contributed by atoms with Gasteiger partial charge in [-0.3, -0.25) is 0 Å². The number of ether oxygens (including phenoxy) is 3. The fourth-order valence-corrected chi connectivity index (χ4v) is 4.03. The number of nitrogens with zero attached hydrogens (tertiary/aromatic N) is 3. The van der Waals surface area contributed by atoms with Crippen molar-refractivity contribution in [3.8, 4) is 5.75 Å². The van der Waals surface area contributed by atoms with Gasteiger partial charge in [0.2, 0.25) is 0 Å². The molecule has 0 radical (unpaired) electrons. The highest BCUT2D eigenvalue weighted by Gasteiger charge is 2.49. The Labute approximate surface area is 165 Å². The number of rotatable bonds is 2. The standard InChI is InChI=1S/C19H18ClN3O5/c1-9-11-4-5-23(18(11)22-7-21-9)19-15(25)14(24)17(28-19)16-12-3-2-10(20)6-13(12)26-8-27-16/h2-7,14-17,19,24-25H,8H2,1H3/t14-,15+,16?,17-,19+/m0/s1. The molecule has 0 spiro atoms. The van der Waals surface area contributed by atoms with Gasteiger partial charge in [-0.05, 0) is 25.1 Å². The molecule has 3 aromatic rings. The van der Waals surface area contributed by atoms with Crippen molar-refractivity contribution in [1.82, 2.24) is 14.5 Å². The average molecular weight is 404 g/mol. The van der Waals surface area contributed by atoms with Gasteiger partial charge in [0, 0.05) is 22.2 Å². The van der Waals surface area contributed by atoms with E-state index in [1.165, 1.54) is 6.33 Å². The second-order valence-electron chi connectivity index (χ2n) is 6.92. The number of aryl methyl sites for hydroxylation is 1.